The molecule has 126 valence electrons. The van der Waals surface area contributed by atoms with Gasteiger partial charge in [0, 0.05) is 11.3 Å². The first-order valence-electron chi connectivity index (χ1n) is 8.12. The number of fused-ring (bicyclic) bond motifs is 1. The smallest absolute Gasteiger partial charge is 0.226 e. The molecule has 0 spiro atoms. The molecule has 1 aliphatic heterocycles. The molecule has 25 heavy (non-hydrogen) atoms. The topological polar surface area (TPSA) is 52.0 Å². The highest BCUT2D eigenvalue weighted by Gasteiger charge is 2.25. The van der Waals surface area contributed by atoms with Gasteiger partial charge in [0.15, 0.2) is 0 Å². The van der Waals surface area contributed by atoms with Crippen LogP contribution in [0, 0.1) is 5.82 Å². The average molecular weight is 336 g/mol. The summed E-state index contributed by atoms with van der Waals surface area (Å²) in [5.41, 5.74) is 2.74. The van der Waals surface area contributed by atoms with Gasteiger partial charge in [0.25, 0.3) is 0 Å². The summed E-state index contributed by atoms with van der Waals surface area (Å²) >= 11 is 0. The van der Waals surface area contributed by atoms with Gasteiger partial charge in [-0.3, -0.25) is 0 Å². The maximum atomic E-state index is 13.2. The Kier molecular flexibility index (Phi) is 3.93. The Hall–Kier alpha value is -3.15. The summed E-state index contributed by atoms with van der Waals surface area (Å²) in [6.07, 6.45) is 3.56. The fraction of sp³-hybridized carbons (Fsp3) is 0.158. The molecule has 0 radical (unpaired) electrons. The van der Waals surface area contributed by atoms with Crippen LogP contribution in [0.15, 0.2) is 60.9 Å². The molecule has 0 saturated carbocycles. The van der Waals surface area contributed by atoms with Gasteiger partial charge in [-0.05, 0) is 48.9 Å². The molecule has 1 aromatic heterocycles. The zero-order chi connectivity index (χ0) is 17.2. The van der Waals surface area contributed by atoms with Gasteiger partial charge in [0.2, 0.25) is 5.95 Å². The predicted octanol–water partition coefficient (Wildman–Crippen LogP) is 3.87. The lowest BCUT2D eigenvalue weighted by Gasteiger charge is -2.25. The Morgan fingerprint density at radius 2 is 1.96 bits per heavy atom. The molecule has 0 amide bonds. The average Bonchev–Trinajstić information content (AvgIpc) is 3.11. The third kappa shape index (κ3) is 2.87. The van der Waals surface area contributed by atoms with Crippen LogP contribution in [-0.2, 0) is 0 Å². The summed E-state index contributed by atoms with van der Waals surface area (Å²) < 4.78 is 20.8. The number of hydrogen-bond donors (Lipinski definition) is 1. The highest BCUT2D eigenvalue weighted by atomic mass is 19.1. The van der Waals surface area contributed by atoms with Crippen molar-refractivity contribution < 1.29 is 9.13 Å². The Balaban J connectivity index is 1.81. The number of allylic oxidation sites excluding steroid dienone is 1. The number of halogens is 1. The molecule has 1 unspecified atom stereocenters. The summed E-state index contributed by atoms with van der Waals surface area (Å²) in [5.74, 6) is 1.19. The van der Waals surface area contributed by atoms with Crippen molar-refractivity contribution in [1.82, 2.24) is 14.8 Å². The molecule has 0 saturated heterocycles. The number of nitrogens with one attached hydrogen (secondary N) is 1. The van der Waals surface area contributed by atoms with Gasteiger partial charge >= 0.3 is 0 Å². The summed E-state index contributed by atoms with van der Waals surface area (Å²) in [4.78, 5) is 4.29. The molecule has 6 heteroatoms. The largest absolute Gasteiger partial charge is 0.494 e. The van der Waals surface area contributed by atoms with Crippen LogP contribution in [0.25, 0.3) is 5.70 Å². The van der Waals surface area contributed by atoms with Crippen molar-refractivity contribution in [2.75, 3.05) is 11.9 Å². The standard InChI is InChI=1S/C19H17FN4O/c1-2-25-18-6-4-3-5-15(18)17-11-16(13-7-9-14(20)10-8-13)23-19-21-12-22-24(17)19/h3-12,17H,2H2,1H3,(H,21,22,23). The molecular weight excluding hydrogens is 319 g/mol. The van der Waals surface area contributed by atoms with E-state index in [0.717, 1.165) is 22.6 Å². The van der Waals surface area contributed by atoms with E-state index in [4.69, 9.17) is 4.74 Å². The third-order valence-electron chi connectivity index (χ3n) is 4.10. The number of nitrogens with zero attached hydrogens (tertiary/aromatic N) is 3. The molecular formula is C19H17FN4O. The van der Waals surface area contributed by atoms with Crippen molar-refractivity contribution in [3.8, 4) is 5.75 Å². The summed E-state index contributed by atoms with van der Waals surface area (Å²) in [6, 6.07) is 14.1. The number of rotatable bonds is 4. The second kappa shape index (κ2) is 6.39. The van der Waals surface area contributed by atoms with Crippen molar-refractivity contribution >= 4 is 11.6 Å². The Morgan fingerprint density at radius 3 is 2.76 bits per heavy atom. The second-order valence-corrected chi connectivity index (χ2v) is 5.66. The van der Waals surface area contributed by atoms with Crippen molar-refractivity contribution in [2.24, 2.45) is 0 Å². The maximum absolute atomic E-state index is 13.2. The molecule has 1 N–H and O–H groups in total. The minimum atomic E-state index is -0.262. The molecule has 1 aliphatic rings. The van der Waals surface area contributed by atoms with E-state index in [0.29, 0.717) is 12.6 Å². The van der Waals surface area contributed by atoms with Gasteiger partial charge in [-0.2, -0.15) is 10.1 Å². The normalized spacial score (nSPS) is 15.9. The van der Waals surface area contributed by atoms with Crippen LogP contribution in [0.2, 0.25) is 0 Å². The number of ether oxygens (including phenoxy) is 1. The van der Waals surface area contributed by atoms with E-state index in [2.05, 4.69) is 15.4 Å². The first-order chi connectivity index (χ1) is 12.3. The lowest BCUT2D eigenvalue weighted by molar-refractivity contribution is 0.333. The molecule has 4 rings (SSSR count). The summed E-state index contributed by atoms with van der Waals surface area (Å²) in [7, 11) is 0. The van der Waals surface area contributed by atoms with E-state index in [1.807, 2.05) is 41.9 Å². The first-order valence-corrected chi connectivity index (χ1v) is 8.12. The van der Waals surface area contributed by atoms with Gasteiger partial charge < -0.3 is 10.1 Å². The van der Waals surface area contributed by atoms with Crippen LogP contribution >= 0.6 is 0 Å². The third-order valence-corrected chi connectivity index (χ3v) is 4.10. The van der Waals surface area contributed by atoms with Crippen LogP contribution in [0.1, 0.15) is 24.1 Å². The Labute approximate surface area is 144 Å². The lowest BCUT2D eigenvalue weighted by Crippen LogP contribution is -2.20. The van der Waals surface area contributed by atoms with Gasteiger partial charge in [-0.15, -0.1) is 0 Å². The molecule has 0 aliphatic carbocycles. The van der Waals surface area contributed by atoms with E-state index in [1.165, 1.54) is 18.5 Å². The van der Waals surface area contributed by atoms with Gasteiger partial charge in [-0.1, -0.05) is 18.2 Å². The van der Waals surface area contributed by atoms with Crippen LogP contribution in [-0.4, -0.2) is 21.4 Å². The van der Waals surface area contributed by atoms with Crippen molar-refractivity contribution in [1.29, 1.82) is 0 Å². The number of para-hydroxylation sites is 1. The molecule has 2 heterocycles. The molecule has 3 aromatic rings. The number of anilines is 1. The molecule has 0 bridgehead atoms. The number of hydrogen-bond acceptors (Lipinski definition) is 4. The lowest BCUT2D eigenvalue weighted by atomic mass is 10.0. The van der Waals surface area contributed by atoms with Crippen LogP contribution in [0.4, 0.5) is 10.3 Å². The summed E-state index contributed by atoms with van der Waals surface area (Å²) in [6.45, 7) is 2.54. The fourth-order valence-corrected chi connectivity index (χ4v) is 2.96. The van der Waals surface area contributed by atoms with Crippen molar-refractivity contribution in [3.63, 3.8) is 0 Å². The van der Waals surface area contributed by atoms with Gasteiger partial charge in [-0.25, -0.2) is 9.07 Å². The quantitative estimate of drug-likeness (QED) is 0.786. The van der Waals surface area contributed by atoms with Crippen LogP contribution in [0.5, 0.6) is 5.75 Å². The Morgan fingerprint density at radius 1 is 1.16 bits per heavy atom. The fourth-order valence-electron chi connectivity index (χ4n) is 2.96. The van der Waals surface area contributed by atoms with E-state index in [9.17, 15) is 4.39 Å². The van der Waals surface area contributed by atoms with E-state index >= 15 is 0 Å². The SMILES string of the molecule is CCOc1ccccc1C1C=C(c2ccc(F)cc2)Nc2ncnn21. The van der Waals surface area contributed by atoms with E-state index in [1.54, 1.807) is 12.1 Å². The zero-order valence-electron chi connectivity index (χ0n) is 13.7. The highest BCUT2D eigenvalue weighted by Crippen LogP contribution is 2.35. The monoisotopic (exact) mass is 336 g/mol. The van der Waals surface area contributed by atoms with Crippen molar-refractivity contribution in [3.05, 3.63) is 77.9 Å². The van der Waals surface area contributed by atoms with Crippen molar-refractivity contribution in [2.45, 2.75) is 13.0 Å². The van der Waals surface area contributed by atoms with E-state index in [-0.39, 0.29) is 11.9 Å². The minimum Gasteiger partial charge on any atom is -0.494 e. The molecule has 5 nitrogen and oxygen atoms in total. The zero-order valence-corrected chi connectivity index (χ0v) is 13.7. The predicted molar refractivity (Wildman–Crippen MR) is 93.8 cm³/mol. The molecule has 1 atom stereocenters. The van der Waals surface area contributed by atoms with Gasteiger partial charge in [0.05, 0.1) is 6.61 Å². The molecule has 2 aromatic carbocycles. The summed E-state index contributed by atoms with van der Waals surface area (Å²) in [5, 5.41) is 7.59. The van der Waals surface area contributed by atoms with Crippen LogP contribution < -0.4 is 10.1 Å². The second-order valence-electron chi connectivity index (χ2n) is 5.66. The molecule has 0 fully saturated rings. The highest BCUT2D eigenvalue weighted by molar-refractivity contribution is 5.77. The number of aromatic nitrogens is 3. The Bertz CT molecular complexity index is 917. The maximum Gasteiger partial charge on any atom is 0.226 e. The van der Waals surface area contributed by atoms with Gasteiger partial charge in [0.1, 0.15) is 23.9 Å². The first kappa shape index (κ1) is 15.4. The number of benzene rings is 2. The van der Waals surface area contributed by atoms with E-state index < -0.39 is 0 Å². The van der Waals surface area contributed by atoms with Crippen LogP contribution in [0.3, 0.4) is 0 Å². The minimum absolute atomic E-state index is 0.165.